The van der Waals surface area contributed by atoms with Crippen molar-refractivity contribution in [2.24, 2.45) is 0 Å². The summed E-state index contributed by atoms with van der Waals surface area (Å²) in [6.07, 6.45) is 0.805. The molecule has 2 heterocycles. The fourth-order valence-corrected chi connectivity index (χ4v) is 3.61. The van der Waals surface area contributed by atoms with E-state index in [1.165, 1.54) is 11.3 Å². The number of hydrogen-bond donors (Lipinski definition) is 0. The number of amides is 2. The van der Waals surface area contributed by atoms with Crippen LogP contribution in [0.5, 0.6) is 0 Å². The van der Waals surface area contributed by atoms with Crippen LogP contribution >= 0.6 is 27.3 Å². The Balaban J connectivity index is 1.65. The molecule has 0 spiro atoms. The lowest BCUT2D eigenvalue weighted by molar-refractivity contribution is 0.0721. The normalized spacial score (nSPS) is 15.3. The molecule has 0 aliphatic carbocycles. The van der Waals surface area contributed by atoms with Gasteiger partial charge in [-0.3, -0.25) is 9.59 Å². The molecule has 6 heteroatoms. The van der Waals surface area contributed by atoms with Crippen molar-refractivity contribution in [2.45, 2.75) is 6.42 Å². The highest BCUT2D eigenvalue weighted by molar-refractivity contribution is 9.10. The fraction of sp³-hybridized carbons (Fsp3) is 0.294. The molecule has 2 aromatic rings. The molecule has 120 valence electrons. The number of carbonyl (C=O) groups is 2. The summed E-state index contributed by atoms with van der Waals surface area (Å²) in [6.45, 7) is 2.54. The zero-order valence-electron chi connectivity index (χ0n) is 12.6. The van der Waals surface area contributed by atoms with Gasteiger partial charge in [-0.25, -0.2) is 0 Å². The van der Waals surface area contributed by atoms with E-state index in [-0.39, 0.29) is 11.8 Å². The molecule has 0 saturated carbocycles. The van der Waals surface area contributed by atoms with Crippen molar-refractivity contribution >= 4 is 39.1 Å². The summed E-state index contributed by atoms with van der Waals surface area (Å²) in [4.78, 5) is 29.5. The molecule has 0 unspecified atom stereocenters. The summed E-state index contributed by atoms with van der Waals surface area (Å²) < 4.78 is 0.956. The van der Waals surface area contributed by atoms with E-state index in [1.807, 2.05) is 51.6 Å². The second kappa shape index (κ2) is 7.27. The predicted molar refractivity (Wildman–Crippen MR) is 94.9 cm³/mol. The van der Waals surface area contributed by atoms with Gasteiger partial charge in [0.15, 0.2) is 0 Å². The smallest absolute Gasteiger partial charge is 0.263 e. The lowest BCUT2D eigenvalue weighted by Crippen LogP contribution is -2.37. The number of carbonyl (C=O) groups excluding carboxylic acids is 2. The van der Waals surface area contributed by atoms with Crippen LogP contribution in [0.3, 0.4) is 0 Å². The van der Waals surface area contributed by atoms with E-state index in [0.717, 1.165) is 15.8 Å². The van der Waals surface area contributed by atoms with E-state index < -0.39 is 0 Å². The van der Waals surface area contributed by atoms with Gasteiger partial charge in [-0.1, -0.05) is 22.0 Å². The summed E-state index contributed by atoms with van der Waals surface area (Å²) in [6, 6.07) is 11.1. The minimum atomic E-state index is 0.0305. The monoisotopic (exact) mass is 392 g/mol. The molecule has 1 aliphatic heterocycles. The van der Waals surface area contributed by atoms with E-state index in [1.54, 1.807) is 0 Å². The Bertz CT molecular complexity index is 685. The van der Waals surface area contributed by atoms with Crippen LogP contribution < -0.4 is 0 Å². The van der Waals surface area contributed by atoms with Crippen molar-refractivity contribution in [3.8, 4) is 0 Å². The topological polar surface area (TPSA) is 40.6 Å². The van der Waals surface area contributed by atoms with E-state index in [4.69, 9.17) is 0 Å². The van der Waals surface area contributed by atoms with Crippen LogP contribution in [0.1, 0.15) is 26.5 Å². The zero-order chi connectivity index (χ0) is 16.2. The van der Waals surface area contributed by atoms with Gasteiger partial charge in [-0.2, -0.15) is 0 Å². The predicted octanol–water partition coefficient (Wildman–Crippen LogP) is 3.50. The molecule has 1 aliphatic rings. The third kappa shape index (κ3) is 3.82. The summed E-state index contributed by atoms with van der Waals surface area (Å²) in [5, 5.41) is 1.91. The zero-order valence-corrected chi connectivity index (χ0v) is 15.0. The molecule has 4 nitrogen and oxygen atoms in total. The fourth-order valence-electron chi connectivity index (χ4n) is 2.65. The number of hydrogen-bond acceptors (Lipinski definition) is 3. The SMILES string of the molecule is O=C(c1ccc(Br)cc1)N1CCCN(C(=O)c2cccs2)CC1. The minimum absolute atomic E-state index is 0.0305. The van der Waals surface area contributed by atoms with Gasteiger partial charge in [0, 0.05) is 36.2 Å². The van der Waals surface area contributed by atoms with Crippen LogP contribution in [0.2, 0.25) is 0 Å². The third-order valence-corrected chi connectivity index (χ3v) is 5.28. The Morgan fingerprint density at radius 2 is 1.57 bits per heavy atom. The van der Waals surface area contributed by atoms with E-state index in [2.05, 4.69) is 15.9 Å². The van der Waals surface area contributed by atoms with Crippen molar-refractivity contribution in [3.05, 3.63) is 56.7 Å². The molecule has 23 heavy (non-hydrogen) atoms. The highest BCUT2D eigenvalue weighted by Crippen LogP contribution is 2.16. The molecule has 0 N–H and O–H groups in total. The molecule has 1 aromatic carbocycles. The summed E-state index contributed by atoms with van der Waals surface area (Å²) in [5.74, 6) is 0.0980. The molecule has 3 rings (SSSR count). The first-order chi connectivity index (χ1) is 11.1. The maximum atomic E-state index is 12.6. The average molecular weight is 393 g/mol. The van der Waals surface area contributed by atoms with Crippen molar-refractivity contribution < 1.29 is 9.59 Å². The van der Waals surface area contributed by atoms with Gasteiger partial charge in [0.1, 0.15) is 0 Å². The van der Waals surface area contributed by atoms with Crippen LogP contribution in [0, 0.1) is 0 Å². The number of rotatable bonds is 2. The van der Waals surface area contributed by atoms with E-state index in [0.29, 0.717) is 31.7 Å². The van der Waals surface area contributed by atoms with Gasteiger partial charge in [-0.05, 0) is 42.1 Å². The van der Waals surface area contributed by atoms with Gasteiger partial charge in [0.25, 0.3) is 11.8 Å². The van der Waals surface area contributed by atoms with Gasteiger partial charge >= 0.3 is 0 Å². The first kappa shape index (κ1) is 16.2. The van der Waals surface area contributed by atoms with Crippen LogP contribution in [0.4, 0.5) is 0 Å². The number of nitrogens with zero attached hydrogens (tertiary/aromatic N) is 2. The van der Waals surface area contributed by atoms with Crippen LogP contribution in [-0.4, -0.2) is 47.8 Å². The highest BCUT2D eigenvalue weighted by Gasteiger charge is 2.23. The number of benzene rings is 1. The molecule has 1 aromatic heterocycles. The number of halogens is 1. The maximum Gasteiger partial charge on any atom is 0.263 e. The molecular weight excluding hydrogens is 376 g/mol. The number of thiophene rings is 1. The van der Waals surface area contributed by atoms with Gasteiger partial charge in [0.2, 0.25) is 0 Å². The highest BCUT2D eigenvalue weighted by atomic mass is 79.9. The molecule has 1 fully saturated rings. The van der Waals surface area contributed by atoms with Crippen molar-refractivity contribution in [1.29, 1.82) is 0 Å². The van der Waals surface area contributed by atoms with Gasteiger partial charge in [-0.15, -0.1) is 11.3 Å². The molecule has 0 bridgehead atoms. The average Bonchev–Trinajstić information content (AvgIpc) is 2.99. The second-order valence-electron chi connectivity index (χ2n) is 5.42. The Morgan fingerprint density at radius 3 is 2.17 bits per heavy atom. The quantitative estimate of drug-likeness (QED) is 0.784. The lowest BCUT2D eigenvalue weighted by atomic mass is 10.2. The van der Waals surface area contributed by atoms with Crippen LogP contribution in [0.15, 0.2) is 46.3 Å². The third-order valence-electron chi connectivity index (χ3n) is 3.89. The Kier molecular flexibility index (Phi) is 5.13. The summed E-state index contributed by atoms with van der Waals surface area (Å²) in [5.41, 5.74) is 0.686. The minimum Gasteiger partial charge on any atom is -0.337 e. The molecule has 1 saturated heterocycles. The van der Waals surface area contributed by atoms with Crippen molar-refractivity contribution in [3.63, 3.8) is 0 Å². The summed E-state index contributed by atoms with van der Waals surface area (Å²) in [7, 11) is 0. The van der Waals surface area contributed by atoms with Crippen molar-refractivity contribution in [1.82, 2.24) is 9.80 Å². The standard InChI is InChI=1S/C17H17BrN2O2S/c18-14-6-4-13(5-7-14)16(21)19-8-2-9-20(11-10-19)17(22)15-3-1-12-23-15/h1,3-7,12H,2,8-11H2. The van der Waals surface area contributed by atoms with Crippen LogP contribution in [-0.2, 0) is 0 Å². The molecule has 2 amide bonds. The van der Waals surface area contributed by atoms with E-state index >= 15 is 0 Å². The molecule has 0 atom stereocenters. The Morgan fingerprint density at radius 1 is 0.913 bits per heavy atom. The first-order valence-electron chi connectivity index (χ1n) is 7.53. The molecular formula is C17H17BrN2O2S. The van der Waals surface area contributed by atoms with Crippen molar-refractivity contribution in [2.75, 3.05) is 26.2 Å². The van der Waals surface area contributed by atoms with Crippen LogP contribution in [0.25, 0.3) is 0 Å². The Labute approximate surface area is 147 Å². The Hall–Kier alpha value is -1.66. The van der Waals surface area contributed by atoms with E-state index in [9.17, 15) is 9.59 Å². The second-order valence-corrected chi connectivity index (χ2v) is 7.29. The van der Waals surface area contributed by atoms with Gasteiger partial charge in [0.05, 0.1) is 4.88 Å². The first-order valence-corrected chi connectivity index (χ1v) is 9.20. The maximum absolute atomic E-state index is 12.6. The lowest BCUT2D eigenvalue weighted by Gasteiger charge is -2.22. The summed E-state index contributed by atoms with van der Waals surface area (Å²) >= 11 is 4.84. The molecule has 0 radical (unpaired) electrons. The largest absolute Gasteiger partial charge is 0.337 e. The van der Waals surface area contributed by atoms with Gasteiger partial charge < -0.3 is 9.80 Å².